The lowest BCUT2D eigenvalue weighted by Crippen LogP contribution is -2.20. The Balaban J connectivity index is 2.07. The van der Waals surface area contributed by atoms with E-state index in [2.05, 4.69) is 26.2 Å². The Bertz CT molecular complexity index is 739. The maximum Gasteiger partial charge on any atom is 0.262 e. The summed E-state index contributed by atoms with van der Waals surface area (Å²) >= 11 is 9.11. The fourth-order valence-corrected chi connectivity index (χ4v) is 2.30. The number of amides is 1. The summed E-state index contributed by atoms with van der Waals surface area (Å²) in [7, 11) is 1.46. The summed E-state index contributed by atoms with van der Waals surface area (Å²) in [5.41, 5.74) is 0.774. The fourth-order valence-electron chi connectivity index (χ4n) is 1.72. The first kappa shape index (κ1) is 17.2. The minimum absolute atomic E-state index is 0.185. The third-order valence-corrected chi connectivity index (χ3v) is 3.79. The molecular weight excluding hydrogens is 388 g/mol. The highest BCUT2D eigenvalue weighted by Gasteiger charge is 2.12. The van der Waals surface area contributed by atoms with Gasteiger partial charge in [-0.15, -0.1) is 0 Å². The molecule has 0 saturated heterocycles. The van der Waals surface area contributed by atoms with Crippen LogP contribution in [0.2, 0.25) is 5.15 Å². The van der Waals surface area contributed by atoms with Crippen LogP contribution in [0.1, 0.15) is 10.4 Å². The van der Waals surface area contributed by atoms with Crippen LogP contribution in [0.3, 0.4) is 0 Å². The van der Waals surface area contributed by atoms with E-state index in [0.717, 1.165) is 0 Å². The molecule has 120 valence electrons. The fraction of sp³-hybridized carbons (Fsp3) is 0.133. The monoisotopic (exact) mass is 398 g/mol. The maximum absolute atomic E-state index is 11.9. The van der Waals surface area contributed by atoms with E-state index in [-0.39, 0.29) is 17.5 Å². The van der Waals surface area contributed by atoms with Gasteiger partial charge in [0.2, 0.25) is 0 Å². The molecule has 0 radical (unpaired) electrons. The van der Waals surface area contributed by atoms with Crippen LogP contribution >= 0.6 is 27.5 Å². The zero-order valence-electron chi connectivity index (χ0n) is 12.0. The number of halogens is 2. The normalized spacial score (nSPS) is 10.0. The topological polar surface area (TPSA) is 77.5 Å². The predicted octanol–water partition coefficient (Wildman–Crippen LogP) is 3.34. The van der Waals surface area contributed by atoms with Crippen LogP contribution in [-0.2, 0) is 4.79 Å². The lowest BCUT2D eigenvalue weighted by molar-refractivity contribution is -0.118. The van der Waals surface area contributed by atoms with Crippen LogP contribution < -0.4 is 14.8 Å². The van der Waals surface area contributed by atoms with E-state index in [4.69, 9.17) is 21.1 Å². The molecule has 0 saturated carbocycles. The predicted molar refractivity (Wildman–Crippen MR) is 89.5 cm³/mol. The van der Waals surface area contributed by atoms with Gasteiger partial charge >= 0.3 is 0 Å². The van der Waals surface area contributed by atoms with Gasteiger partial charge in [0.05, 0.1) is 12.8 Å². The first-order valence-corrected chi connectivity index (χ1v) is 7.58. The standard InChI is InChI=1S/C15H12BrClN2O4/c1-22-12-6-10(16)9(7-20)5-13(12)23-8-14(21)19-11-3-2-4-18-15(11)17/h2-7H,8H2,1H3,(H,19,21). The summed E-state index contributed by atoms with van der Waals surface area (Å²) in [5.74, 6) is 0.262. The second-order valence-electron chi connectivity index (χ2n) is 4.32. The molecule has 0 aliphatic carbocycles. The molecule has 1 amide bonds. The number of anilines is 1. The van der Waals surface area contributed by atoms with Gasteiger partial charge in [0.1, 0.15) is 0 Å². The molecule has 6 nitrogen and oxygen atoms in total. The van der Waals surface area contributed by atoms with Gasteiger partial charge in [-0.05, 0) is 40.2 Å². The lowest BCUT2D eigenvalue weighted by Gasteiger charge is -2.12. The average Bonchev–Trinajstić information content (AvgIpc) is 2.55. The molecule has 0 aliphatic heterocycles. The minimum Gasteiger partial charge on any atom is -0.493 e. The van der Waals surface area contributed by atoms with Crippen LogP contribution in [0.5, 0.6) is 11.5 Å². The Kier molecular flexibility index (Phi) is 5.95. The van der Waals surface area contributed by atoms with Crippen LogP contribution in [0.25, 0.3) is 0 Å². The number of hydrogen-bond donors (Lipinski definition) is 1. The van der Waals surface area contributed by atoms with Crippen molar-refractivity contribution in [2.24, 2.45) is 0 Å². The zero-order chi connectivity index (χ0) is 16.8. The summed E-state index contributed by atoms with van der Waals surface area (Å²) in [6, 6.07) is 6.35. The molecule has 2 aromatic rings. The number of aromatic nitrogens is 1. The number of nitrogens with one attached hydrogen (secondary N) is 1. The van der Waals surface area contributed by atoms with Crippen molar-refractivity contribution >= 4 is 45.4 Å². The van der Waals surface area contributed by atoms with Crippen LogP contribution in [0.15, 0.2) is 34.9 Å². The summed E-state index contributed by atoms with van der Waals surface area (Å²) in [5, 5.41) is 2.77. The Morgan fingerprint density at radius 3 is 2.87 bits per heavy atom. The van der Waals surface area contributed by atoms with Gasteiger partial charge in [-0.2, -0.15) is 0 Å². The van der Waals surface area contributed by atoms with Crippen molar-refractivity contribution in [2.75, 3.05) is 19.0 Å². The number of rotatable bonds is 6. The Morgan fingerprint density at radius 1 is 1.43 bits per heavy atom. The highest BCUT2D eigenvalue weighted by atomic mass is 79.9. The molecule has 0 fully saturated rings. The molecule has 0 unspecified atom stereocenters. The molecule has 0 spiro atoms. The molecule has 0 aliphatic rings. The lowest BCUT2D eigenvalue weighted by atomic mass is 10.2. The number of ether oxygens (including phenoxy) is 2. The SMILES string of the molecule is COc1cc(Br)c(C=O)cc1OCC(=O)Nc1cccnc1Cl. The zero-order valence-corrected chi connectivity index (χ0v) is 14.3. The average molecular weight is 400 g/mol. The van der Waals surface area contributed by atoms with Crippen LogP contribution in [0.4, 0.5) is 5.69 Å². The smallest absolute Gasteiger partial charge is 0.262 e. The number of benzene rings is 1. The quantitative estimate of drug-likeness (QED) is 0.595. The van der Waals surface area contributed by atoms with E-state index in [0.29, 0.717) is 27.8 Å². The van der Waals surface area contributed by atoms with E-state index in [1.165, 1.54) is 19.4 Å². The largest absolute Gasteiger partial charge is 0.493 e. The summed E-state index contributed by atoms with van der Waals surface area (Å²) in [6.07, 6.45) is 2.19. The minimum atomic E-state index is -0.419. The Labute approximate surface area is 145 Å². The molecule has 2 rings (SSSR count). The van der Waals surface area contributed by atoms with Gasteiger partial charge in [0.25, 0.3) is 5.91 Å². The van der Waals surface area contributed by atoms with E-state index >= 15 is 0 Å². The van der Waals surface area contributed by atoms with E-state index in [1.54, 1.807) is 18.2 Å². The molecular formula is C15H12BrClN2O4. The Hall–Kier alpha value is -2.12. The third-order valence-electron chi connectivity index (χ3n) is 2.80. The van der Waals surface area contributed by atoms with Gasteiger partial charge in [-0.3, -0.25) is 9.59 Å². The number of pyridine rings is 1. The molecule has 0 bridgehead atoms. The van der Waals surface area contributed by atoms with Gasteiger partial charge < -0.3 is 14.8 Å². The van der Waals surface area contributed by atoms with E-state index in [9.17, 15) is 9.59 Å². The summed E-state index contributed by atoms with van der Waals surface area (Å²) in [6.45, 7) is -0.276. The first-order chi connectivity index (χ1) is 11.0. The second-order valence-corrected chi connectivity index (χ2v) is 5.53. The highest BCUT2D eigenvalue weighted by molar-refractivity contribution is 9.10. The molecule has 1 N–H and O–H groups in total. The number of methoxy groups -OCH3 is 1. The van der Waals surface area contributed by atoms with Crippen molar-refractivity contribution in [1.82, 2.24) is 4.98 Å². The van der Waals surface area contributed by atoms with Crippen molar-refractivity contribution < 1.29 is 19.1 Å². The molecule has 1 aromatic heterocycles. The van der Waals surface area contributed by atoms with Crippen LogP contribution in [0, 0.1) is 0 Å². The van der Waals surface area contributed by atoms with Crippen molar-refractivity contribution in [3.8, 4) is 11.5 Å². The van der Waals surface area contributed by atoms with E-state index < -0.39 is 5.91 Å². The molecule has 23 heavy (non-hydrogen) atoms. The summed E-state index contributed by atoms with van der Waals surface area (Å²) in [4.78, 5) is 26.7. The van der Waals surface area contributed by atoms with Gasteiger partial charge in [0.15, 0.2) is 29.5 Å². The number of hydrogen-bond acceptors (Lipinski definition) is 5. The molecule has 8 heteroatoms. The van der Waals surface area contributed by atoms with Crippen LogP contribution in [-0.4, -0.2) is 30.9 Å². The van der Waals surface area contributed by atoms with Gasteiger partial charge in [-0.25, -0.2) is 4.98 Å². The Morgan fingerprint density at radius 2 is 2.22 bits per heavy atom. The number of carbonyl (C=O) groups excluding carboxylic acids is 2. The third kappa shape index (κ3) is 4.43. The number of nitrogens with zero attached hydrogens (tertiary/aromatic N) is 1. The summed E-state index contributed by atoms with van der Waals surface area (Å²) < 4.78 is 11.2. The molecule has 0 atom stereocenters. The molecule has 1 heterocycles. The van der Waals surface area contributed by atoms with Crippen molar-refractivity contribution in [2.45, 2.75) is 0 Å². The van der Waals surface area contributed by atoms with Crippen molar-refractivity contribution in [3.63, 3.8) is 0 Å². The van der Waals surface area contributed by atoms with E-state index in [1.807, 2.05) is 0 Å². The van der Waals surface area contributed by atoms with Crippen molar-refractivity contribution in [1.29, 1.82) is 0 Å². The van der Waals surface area contributed by atoms with Gasteiger partial charge in [-0.1, -0.05) is 11.6 Å². The number of carbonyl (C=O) groups is 2. The molecule has 1 aromatic carbocycles. The van der Waals surface area contributed by atoms with Crippen molar-refractivity contribution in [3.05, 3.63) is 45.7 Å². The maximum atomic E-state index is 11.9. The second kappa shape index (κ2) is 7.94. The highest BCUT2D eigenvalue weighted by Crippen LogP contribution is 2.32. The van der Waals surface area contributed by atoms with Gasteiger partial charge in [0, 0.05) is 16.2 Å². The first-order valence-electron chi connectivity index (χ1n) is 6.41. The number of aldehydes is 1.